The SMILES string of the molecule is CCC(C)(C)C(=O)OC1CC(C)CCC1C(C)(C)O. The second kappa shape index (κ2) is 5.82. The summed E-state index contributed by atoms with van der Waals surface area (Å²) < 4.78 is 5.76. The highest BCUT2D eigenvalue weighted by Gasteiger charge is 2.41. The minimum atomic E-state index is -0.790. The van der Waals surface area contributed by atoms with Gasteiger partial charge < -0.3 is 9.84 Å². The smallest absolute Gasteiger partial charge is 0.311 e. The van der Waals surface area contributed by atoms with Crippen LogP contribution in [0.5, 0.6) is 0 Å². The summed E-state index contributed by atoms with van der Waals surface area (Å²) in [5.74, 6) is 0.463. The van der Waals surface area contributed by atoms with Crippen LogP contribution in [0, 0.1) is 17.3 Å². The largest absolute Gasteiger partial charge is 0.462 e. The summed E-state index contributed by atoms with van der Waals surface area (Å²) in [6, 6.07) is 0. The van der Waals surface area contributed by atoms with Gasteiger partial charge in [-0.2, -0.15) is 0 Å². The average molecular weight is 270 g/mol. The number of carbonyl (C=O) groups excluding carboxylic acids is 1. The van der Waals surface area contributed by atoms with E-state index in [-0.39, 0.29) is 18.0 Å². The van der Waals surface area contributed by atoms with E-state index in [2.05, 4.69) is 6.92 Å². The van der Waals surface area contributed by atoms with E-state index >= 15 is 0 Å². The van der Waals surface area contributed by atoms with Crippen molar-refractivity contribution in [1.82, 2.24) is 0 Å². The summed E-state index contributed by atoms with van der Waals surface area (Å²) in [5.41, 5.74) is -1.23. The van der Waals surface area contributed by atoms with Gasteiger partial charge in [-0.3, -0.25) is 4.79 Å². The summed E-state index contributed by atoms with van der Waals surface area (Å²) in [7, 11) is 0. The highest BCUT2D eigenvalue weighted by Crippen LogP contribution is 2.38. The minimum absolute atomic E-state index is 0.0420. The molecule has 0 amide bonds. The maximum atomic E-state index is 12.2. The molecule has 0 aromatic rings. The lowest BCUT2D eigenvalue weighted by Gasteiger charge is -2.41. The van der Waals surface area contributed by atoms with Gasteiger partial charge in [0.1, 0.15) is 6.10 Å². The van der Waals surface area contributed by atoms with E-state index in [0.29, 0.717) is 5.92 Å². The molecule has 112 valence electrons. The molecule has 0 bridgehead atoms. The van der Waals surface area contributed by atoms with Gasteiger partial charge in [0.25, 0.3) is 0 Å². The Balaban J connectivity index is 2.79. The number of rotatable bonds is 4. The molecule has 1 N–H and O–H groups in total. The first-order valence-electron chi connectivity index (χ1n) is 7.51. The standard InChI is InChI=1S/C16H30O3/c1-7-15(3,4)14(17)19-13-10-11(2)8-9-12(13)16(5,6)18/h11-13,18H,7-10H2,1-6H3. The monoisotopic (exact) mass is 270 g/mol. The van der Waals surface area contributed by atoms with Crippen LogP contribution in [0.25, 0.3) is 0 Å². The molecule has 0 heterocycles. The fourth-order valence-electron chi connectivity index (χ4n) is 2.71. The molecule has 0 radical (unpaired) electrons. The normalized spacial score (nSPS) is 29.1. The van der Waals surface area contributed by atoms with Crippen molar-refractivity contribution in [2.45, 2.75) is 78.9 Å². The van der Waals surface area contributed by atoms with Gasteiger partial charge in [-0.1, -0.05) is 20.3 Å². The average Bonchev–Trinajstić information content (AvgIpc) is 2.27. The summed E-state index contributed by atoms with van der Waals surface area (Å²) >= 11 is 0. The van der Waals surface area contributed by atoms with Gasteiger partial charge >= 0.3 is 5.97 Å². The van der Waals surface area contributed by atoms with E-state index in [9.17, 15) is 9.90 Å². The van der Waals surface area contributed by atoms with Gasteiger partial charge in [0.15, 0.2) is 0 Å². The minimum Gasteiger partial charge on any atom is -0.462 e. The maximum Gasteiger partial charge on any atom is 0.311 e. The molecule has 1 aliphatic carbocycles. The Labute approximate surface area is 117 Å². The topological polar surface area (TPSA) is 46.5 Å². The van der Waals surface area contributed by atoms with Gasteiger partial charge in [-0.25, -0.2) is 0 Å². The van der Waals surface area contributed by atoms with Crippen molar-refractivity contribution < 1.29 is 14.6 Å². The van der Waals surface area contributed by atoms with Crippen LogP contribution in [-0.2, 0) is 9.53 Å². The van der Waals surface area contributed by atoms with Crippen LogP contribution in [0.1, 0.15) is 67.2 Å². The molecular weight excluding hydrogens is 240 g/mol. The molecule has 3 nitrogen and oxygen atoms in total. The lowest BCUT2D eigenvalue weighted by Crippen LogP contribution is -2.46. The molecule has 0 aliphatic heterocycles. The van der Waals surface area contributed by atoms with Crippen molar-refractivity contribution in [2.75, 3.05) is 0 Å². The molecule has 3 unspecified atom stereocenters. The second-order valence-corrected chi connectivity index (χ2v) is 7.36. The molecule has 1 rings (SSSR count). The number of aliphatic hydroxyl groups is 1. The Morgan fingerprint density at radius 3 is 2.32 bits per heavy atom. The third-order valence-electron chi connectivity index (χ3n) is 4.66. The van der Waals surface area contributed by atoms with Crippen molar-refractivity contribution in [3.63, 3.8) is 0 Å². The van der Waals surface area contributed by atoms with Crippen LogP contribution in [0.3, 0.4) is 0 Å². The number of ether oxygens (including phenoxy) is 1. The molecule has 3 atom stereocenters. The van der Waals surface area contributed by atoms with Crippen LogP contribution >= 0.6 is 0 Å². The maximum absolute atomic E-state index is 12.2. The van der Waals surface area contributed by atoms with Crippen LogP contribution in [0.4, 0.5) is 0 Å². The Morgan fingerprint density at radius 2 is 1.84 bits per heavy atom. The van der Waals surface area contributed by atoms with E-state index in [4.69, 9.17) is 4.74 Å². The van der Waals surface area contributed by atoms with Crippen molar-refractivity contribution >= 4 is 5.97 Å². The fourth-order valence-corrected chi connectivity index (χ4v) is 2.71. The van der Waals surface area contributed by atoms with Crippen LogP contribution < -0.4 is 0 Å². The number of hydrogen-bond acceptors (Lipinski definition) is 3. The molecule has 1 fully saturated rings. The van der Waals surface area contributed by atoms with Crippen LogP contribution in [-0.4, -0.2) is 22.8 Å². The van der Waals surface area contributed by atoms with Crippen LogP contribution in [0.2, 0.25) is 0 Å². The fraction of sp³-hybridized carbons (Fsp3) is 0.938. The molecule has 0 spiro atoms. The molecule has 0 saturated heterocycles. The van der Waals surface area contributed by atoms with E-state index < -0.39 is 11.0 Å². The predicted molar refractivity (Wildman–Crippen MR) is 76.8 cm³/mol. The molecular formula is C16H30O3. The van der Waals surface area contributed by atoms with Crippen molar-refractivity contribution in [2.24, 2.45) is 17.3 Å². The van der Waals surface area contributed by atoms with Crippen molar-refractivity contribution in [3.05, 3.63) is 0 Å². The Hall–Kier alpha value is -0.570. The second-order valence-electron chi connectivity index (χ2n) is 7.36. The molecule has 0 aromatic carbocycles. The molecule has 3 heteroatoms. The lowest BCUT2D eigenvalue weighted by molar-refractivity contribution is -0.172. The Morgan fingerprint density at radius 1 is 1.26 bits per heavy atom. The third kappa shape index (κ3) is 4.20. The summed E-state index contributed by atoms with van der Waals surface area (Å²) in [6.07, 6.45) is 3.50. The highest BCUT2D eigenvalue weighted by atomic mass is 16.5. The van der Waals surface area contributed by atoms with Crippen molar-refractivity contribution in [3.8, 4) is 0 Å². The first-order chi connectivity index (χ1) is 8.58. The summed E-state index contributed by atoms with van der Waals surface area (Å²) in [4.78, 5) is 12.2. The van der Waals surface area contributed by atoms with E-state index in [1.165, 1.54) is 0 Å². The zero-order chi connectivity index (χ0) is 14.8. The van der Waals surface area contributed by atoms with E-state index in [1.807, 2.05) is 34.6 Å². The Kier molecular flexibility index (Phi) is 5.05. The van der Waals surface area contributed by atoms with Gasteiger partial charge in [-0.15, -0.1) is 0 Å². The van der Waals surface area contributed by atoms with Gasteiger partial charge in [0.2, 0.25) is 0 Å². The highest BCUT2D eigenvalue weighted by molar-refractivity contribution is 5.76. The number of hydrogen-bond donors (Lipinski definition) is 1. The quantitative estimate of drug-likeness (QED) is 0.795. The first kappa shape index (κ1) is 16.5. The van der Waals surface area contributed by atoms with Crippen molar-refractivity contribution in [1.29, 1.82) is 0 Å². The first-order valence-corrected chi connectivity index (χ1v) is 7.51. The summed E-state index contributed by atoms with van der Waals surface area (Å²) in [5, 5.41) is 10.3. The van der Waals surface area contributed by atoms with Gasteiger partial charge in [-0.05, 0) is 52.9 Å². The Bertz CT molecular complexity index is 314. The molecule has 1 saturated carbocycles. The summed E-state index contributed by atoms with van der Waals surface area (Å²) in [6.45, 7) is 11.7. The number of esters is 1. The zero-order valence-corrected chi connectivity index (χ0v) is 13.3. The van der Waals surface area contributed by atoms with E-state index in [1.54, 1.807) is 0 Å². The molecule has 1 aliphatic rings. The zero-order valence-electron chi connectivity index (χ0n) is 13.3. The number of carbonyl (C=O) groups is 1. The van der Waals surface area contributed by atoms with Gasteiger partial charge in [0, 0.05) is 5.92 Å². The van der Waals surface area contributed by atoms with Crippen LogP contribution in [0.15, 0.2) is 0 Å². The molecule has 0 aromatic heterocycles. The van der Waals surface area contributed by atoms with Gasteiger partial charge in [0.05, 0.1) is 11.0 Å². The van der Waals surface area contributed by atoms with E-state index in [0.717, 1.165) is 25.7 Å². The predicted octanol–water partition coefficient (Wildman–Crippen LogP) is 3.54. The molecule has 19 heavy (non-hydrogen) atoms. The third-order valence-corrected chi connectivity index (χ3v) is 4.66. The lowest BCUT2D eigenvalue weighted by atomic mass is 9.73.